The number of hydrogen-bond acceptors (Lipinski definition) is 3. The van der Waals surface area contributed by atoms with Crippen molar-refractivity contribution in [2.45, 2.75) is 39.3 Å². The third-order valence-electron chi connectivity index (χ3n) is 3.29. The maximum absolute atomic E-state index is 6.43. The Morgan fingerprint density at radius 1 is 1.47 bits per heavy atom. The summed E-state index contributed by atoms with van der Waals surface area (Å²) < 4.78 is 1.98. The van der Waals surface area contributed by atoms with Gasteiger partial charge in [-0.25, -0.2) is 4.98 Å². The molecule has 0 aliphatic rings. The van der Waals surface area contributed by atoms with E-state index in [1.807, 2.05) is 17.9 Å². The van der Waals surface area contributed by atoms with E-state index in [1.54, 1.807) is 6.20 Å². The van der Waals surface area contributed by atoms with E-state index in [2.05, 4.69) is 34.2 Å². The lowest BCUT2D eigenvalue weighted by Crippen LogP contribution is -2.21. The first-order chi connectivity index (χ1) is 9.21. The third-order valence-corrected chi connectivity index (χ3v) is 3.73. The van der Waals surface area contributed by atoms with Crippen molar-refractivity contribution < 1.29 is 0 Å². The number of aromatic amines is 1. The largest absolute Gasteiger partial charge is 0.347 e. The molecule has 0 fully saturated rings. The molecule has 0 aliphatic carbocycles. The summed E-state index contributed by atoms with van der Waals surface area (Å²) >= 11 is 6.43. The minimum Gasteiger partial charge on any atom is -0.347 e. The second-order valence-corrected chi connectivity index (χ2v) is 4.77. The van der Waals surface area contributed by atoms with Crippen LogP contribution < -0.4 is 5.32 Å². The van der Waals surface area contributed by atoms with Crippen LogP contribution in [0.5, 0.6) is 0 Å². The van der Waals surface area contributed by atoms with Crippen LogP contribution in [0.25, 0.3) is 0 Å². The molecule has 19 heavy (non-hydrogen) atoms. The molecule has 0 aromatic carbocycles. The first-order valence-electron chi connectivity index (χ1n) is 6.61. The van der Waals surface area contributed by atoms with Crippen molar-refractivity contribution in [3.8, 4) is 0 Å². The van der Waals surface area contributed by atoms with E-state index in [0.717, 1.165) is 41.6 Å². The molecule has 0 amide bonds. The number of aromatic nitrogens is 4. The third kappa shape index (κ3) is 2.82. The van der Waals surface area contributed by atoms with Gasteiger partial charge in [0.25, 0.3) is 0 Å². The van der Waals surface area contributed by atoms with Gasteiger partial charge in [-0.3, -0.25) is 4.68 Å². The molecule has 0 saturated carbocycles. The molecule has 1 unspecified atom stereocenters. The van der Waals surface area contributed by atoms with E-state index in [0.29, 0.717) is 0 Å². The van der Waals surface area contributed by atoms with Gasteiger partial charge in [-0.05, 0) is 20.4 Å². The minimum absolute atomic E-state index is 0.110. The van der Waals surface area contributed by atoms with Crippen LogP contribution >= 0.6 is 11.6 Å². The van der Waals surface area contributed by atoms with Gasteiger partial charge in [0.1, 0.15) is 5.82 Å². The van der Waals surface area contributed by atoms with Crippen molar-refractivity contribution in [1.29, 1.82) is 0 Å². The molecule has 0 bridgehead atoms. The molecule has 0 spiro atoms. The number of rotatable bonds is 6. The molecule has 0 radical (unpaired) electrons. The average molecular weight is 282 g/mol. The van der Waals surface area contributed by atoms with E-state index in [4.69, 9.17) is 11.6 Å². The Balaban J connectivity index is 2.29. The molecule has 6 heteroatoms. The Hall–Kier alpha value is -1.33. The summed E-state index contributed by atoms with van der Waals surface area (Å²) in [6.45, 7) is 4.97. The number of nitrogens with zero attached hydrogens (tertiary/aromatic N) is 3. The van der Waals surface area contributed by atoms with E-state index in [9.17, 15) is 0 Å². The number of likely N-dealkylation sites (N-methyl/N-ethyl adjacent to an activating group) is 1. The monoisotopic (exact) mass is 281 g/mol. The number of hydrogen-bond donors (Lipinski definition) is 2. The van der Waals surface area contributed by atoms with Crippen LogP contribution in [-0.4, -0.2) is 26.8 Å². The maximum Gasteiger partial charge on any atom is 0.123 e. The number of aryl methyl sites for hydroxylation is 2. The first-order valence-corrected chi connectivity index (χ1v) is 6.99. The zero-order chi connectivity index (χ0) is 13.8. The summed E-state index contributed by atoms with van der Waals surface area (Å²) in [6.07, 6.45) is 5.21. The molecule has 0 aliphatic heterocycles. The molecule has 104 valence electrons. The second-order valence-electron chi connectivity index (χ2n) is 4.40. The highest BCUT2D eigenvalue weighted by Crippen LogP contribution is 2.25. The number of halogens is 1. The fourth-order valence-corrected chi connectivity index (χ4v) is 2.56. The molecular weight excluding hydrogens is 262 g/mol. The highest BCUT2D eigenvalue weighted by atomic mass is 35.5. The molecule has 2 rings (SSSR count). The van der Waals surface area contributed by atoms with Crippen LogP contribution in [0.1, 0.15) is 37.1 Å². The fraction of sp³-hybridized carbons (Fsp3) is 0.538. The van der Waals surface area contributed by atoms with Crippen molar-refractivity contribution in [2.24, 2.45) is 0 Å². The van der Waals surface area contributed by atoms with Gasteiger partial charge in [0.2, 0.25) is 0 Å². The van der Waals surface area contributed by atoms with Crippen molar-refractivity contribution in [3.63, 3.8) is 0 Å². The van der Waals surface area contributed by atoms with E-state index in [-0.39, 0.29) is 6.04 Å². The molecule has 5 nitrogen and oxygen atoms in total. The zero-order valence-corrected chi connectivity index (χ0v) is 12.3. The summed E-state index contributed by atoms with van der Waals surface area (Å²) in [6, 6.07) is 0.110. The standard InChI is InChI=1S/C13H20ClN5/c1-4-9-12(14)11(19(5-2)18-9)8-10(15-3)13-16-6-7-17-13/h6-7,10,15H,4-5,8H2,1-3H3,(H,16,17). The van der Waals surface area contributed by atoms with Crippen LogP contribution in [0.15, 0.2) is 12.4 Å². The van der Waals surface area contributed by atoms with Crippen molar-refractivity contribution in [2.75, 3.05) is 7.05 Å². The highest BCUT2D eigenvalue weighted by Gasteiger charge is 2.20. The van der Waals surface area contributed by atoms with E-state index >= 15 is 0 Å². The molecule has 2 N–H and O–H groups in total. The van der Waals surface area contributed by atoms with Gasteiger partial charge in [-0.2, -0.15) is 5.10 Å². The number of nitrogens with one attached hydrogen (secondary N) is 2. The van der Waals surface area contributed by atoms with Gasteiger partial charge < -0.3 is 10.3 Å². The Kier molecular flexibility index (Phi) is 4.61. The number of imidazole rings is 1. The highest BCUT2D eigenvalue weighted by molar-refractivity contribution is 6.31. The predicted octanol–water partition coefficient (Wildman–Crippen LogP) is 2.35. The Morgan fingerprint density at radius 3 is 2.79 bits per heavy atom. The van der Waals surface area contributed by atoms with E-state index < -0.39 is 0 Å². The van der Waals surface area contributed by atoms with Gasteiger partial charge in [0.05, 0.1) is 22.5 Å². The van der Waals surface area contributed by atoms with Crippen molar-refractivity contribution >= 4 is 11.6 Å². The van der Waals surface area contributed by atoms with Crippen LogP contribution in [0.4, 0.5) is 0 Å². The SMILES string of the molecule is CCc1nn(CC)c(CC(NC)c2ncc[nH]2)c1Cl. The van der Waals surface area contributed by atoms with Crippen molar-refractivity contribution in [1.82, 2.24) is 25.1 Å². The summed E-state index contributed by atoms with van der Waals surface area (Å²) in [7, 11) is 1.93. The lowest BCUT2D eigenvalue weighted by Gasteiger charge is -2.14. The van der Waals surface area contributed by atoms with Gasteiger partial charge in [-0.1, -0.05) is 18.5 Å². The minimum atomic E-state index is 0.110. The lowest BCUT2D eigenvalue weighted by molar-refractivity contribution is 0.523. The summed E-state index contributed by atoms with van der Waals surface area (Å²) in [5, 5.41) is 8.60. The fourth-order valence-electron chi connectivity index (χ4n) is 2.21. The molecule has 2 aromatic rings. The van der Waals surface area contributed by atoms with Gasteiger partial charge in [-0.15, -0.1) is 0 Å². The quantitative estimate of drug-likeness (QED) is 0.854. The Labute approximate surface area is 118 Å². The topological polar surface area (TPSA) is 58.5 Å². The van der Waals surface area contributed by atoms with E-state index in [1.165, 1.54) is 0 Å². The average Bonchev–Trinajstić information content (AvgIpc) is 3.04. The van der Waals surface area contributed by atoms with Gasteiger partial charge in [0.15, 0.2) is 0 Å². The van der Waals surface area contributed by atoms with Crippen molar-refractivity contribution in [3.05, 3.63) is 34.6 Å². The Morgan fingerprint density at radius 2 is 2.26 bits per heavy atom. The normalized spacial score (nSPS) is 12.8. The van der Waals surface area contributed by atoms with Crippen LogP contribution in [0.2, 0.25) is 5.02 Å². The van der Waals surface area contributed by atoms with Crippen LogP contribution in [0.3, 0.4) is 0 Å². The Bertz CT molecular complexity index is 517. The molecule has 2 heterocycles. The first kappa shape index (κ1) is 14.1. The summed E-state index contributed by atoms with van der Waals surface area (Å²) in [5.41, 5.74) is 2.03. The number of H-pyrrole nitrogens is 1. The maximum atomic E-state index is 6.43. The second kappa shape index (κ2) is 6.21. The summed E-state index contributed by atoms with van der Waals surface area (Å²) in [5.74, 6) is 0.917. The summed E-state index contributed by atoms with van der Waals surface area (Å²) in [4.78, 5) is 7.44. The van der Waals surface area contributed by atoms with Crippen LogP contribution in [0, 0.1) is 0 Å². The lowest BCUT2D eigenvalue weighted by atomic mass is 10.1. The molecule has 0 saturated heterocycles. The van der Waals surface area contributed by atoms with Gasteiger partial charge >= 0.3 is 0 Å². The molecular formula is C13H20ClN5. The van der Waals surface area contributed by atoms with Gasteiger partial charge in [0, 0.05) is 25.4 Å². The zero-order valence-electron chi connectivity index (χ0n) is 11.6. The van der Waals surface area contributed by atoms with Crippen LogP contribution in [-0.2, 0) is 19.4 Å². The molecule has 2 aromatic heterocycles. The molecule has 1 atom stereocenters. The smallest absolute Gasteiger partial charge is 0.123 e. The predicted molar refractivity (Wildman–Crippen MR) is 76.4 cm³/mol.